The fourth-order valence-electron chi connectivity index (χ4n) is 1.43. The highest BCUT2D eigenvalue weighted by molar-refractivity contribution is 5.73. The van der Waals surface area contributed by atoms with Crippen molar-refractivity contribution in [1.29, 1.82) is 0 Å². The average molecular weight is 188 g/mol. The van der Waals surface area contributed by atoms with E-state index in [0.29, 0.717) is 32.7 Å². The first-order chi connectivity index (χ1) is 6.25. The molecule has 1 heterocycles. The molecule has 13 heavy (non-hydrogen) atoms. The van der Waals surface area contributed by atoms with E-state index >= 15 is 0 Å². The minimum Gasteiger partial charge on any atom is -0.466 e. The van der Waals surface area contributed by atoms with Crippen LogP contribution in [0.4, 0.5) is 0 Å². The molecular weight excluding hydrogens is 172 g/mol. The molecule has 1 fully saturated rings. The molecule has 1 rings (SSSR count). The van der Waals surface area contributed by atoms with Gasteiger partial charge >= 0.3 is 5.97 Å². The van der Waals surface area contributed by atoms with E-state index in [2.05, 4.69) is 0 Å². The Morgan fingerprint density at radius 2 is 2.23 bits per heavy atom. The van der Waals surface area contributed by atoms with Crippen molar-refractivity contribution >= 4 is 5.97 Å². The fraction of sp³-hybridized carbons (Fsp3) is 0.889. The third-order valence-corrected chi connectivity index (χ3v) is 2.18. The van der Waals surface area contributed by atoms with Crippen LogP contribution in [0.25, 0.3) is 0 Å². The molecule has 0 amide bonds. The lowest BCUT2D eigenvalue weighted by Crippen LogP contribution is -2.29. The van der Waals surface area contributed by atoms with Crippen molar-refractivity contribution in [3.8, 4) is 0 Å². The van der Waals surface area contributed by atoms with Crippen LogP contribution in [0.2, 0.25) is 0 Å². The molecule has 0 aromatic rings. The van der Waals surface area contributed by atoms with Gasteiger partial charge in [0.1, 0.15) is 0 Å². The normalized spacial score (nSPS) is 29.4. The predicted octanol–water partition coefficient (Wildman–Crippen LogP) is 0.337. The number of rotatable bonds is 2. The maximum Gasteiger partial charge on any atom is 0.311 e. The number of esters is 1. The predicted molar refractivity (Wildman–Crippen MR) is 46.2 cm³/mol. The topological polar surface area (TPSA) is 55.8 Å². The molecular formula is C9H16O4. The second-order valence-electron chi connectivity index (χ2n) is 3.12. The average Bonchev–Trinajstić information content (AvgIpc) is 2.30. The van der Waals surface area contributed by atoms with E-state index in [1.807, 2.05) is 0 Å². The Kier molecular flexibility index (Phi) is 4.18. The third-order valence-electron chi connectivity index (χ3n) is 2.18. The van der Waals surface area contributed by atoms with Crippen LogP contribution < -0.4 is 0 Å². The summed E-state index contributed by atoms with van der Waals surface area (Å²) in [4.78, 5) is 11.3. The Balaban J connectivity index is 2.48. The van der Waals surface area contributed by atoms with E-state index in [9.17, 15) is 9.90 Å². The van der Waals surface area contributed by atoms with Gasteiger partial charge in [-0.05, 0) is 19.8 Å². The maximum absolute atomic E-state index is 11.3. The van der Waals surface area contributed by atoms with Crippen molar-refractivity contribution in [2.24, 2.45) is 5.92 Å². The molecule has 0 aliphatic carbocycles. The van der Waals surface area contributed by atoms with Crippen LogP contribution in [-0.2, 0) is 14.3 Å². The first-order valence-corrected chi connectivity index (χ1v) is 4.68. The Hall–Kier alpha value is -0.610. The summed E-state index contributed by atoms with van der Waals surface area (Å²) in [5.41, 5.74) is 0. The smallest absolute Gasteiger partial charge is 0.311 e. The number of carbonyl (C=O) groups is 1. The van der Waals surface area contributed by atoms with Crippen LogP contribution in [-0.4, -0.2) is 37.0 Å². The van der Waals surface area contributed by atoms with Crippen molar-refractivity contribution in [3.05, 3.63) is 0 Å². The molecule has 1 aliphatic heterocycles. The molecule has 1 saturated heterocycles. The molecule has 0 radical (unpaired) electrons. The van der Waals surface area contributed by atoms with Gasteiger partial charge in [0.05, 0.1) is 18.6 Å². The van der Waals surface area contributed by atoms with Gasteiger partial charge in [-0.25, -0.2) is 0 Å². The van der Waals surface area contributed by atoms with E-state index in [1.165, 1.54) is 0 Å². The summed E-state index contributed by atoms with van der Waals surface area (Å²) in [5, 5.41) is 9.57. The minimum atomic E-state index is -0.610. The Morgan fingerprint density at radius 1 is 1.54 bits per heavy atom. The highest BCUT2D eigenvalue weighted by Gasteiger charge is 2.29. The van der Waals surface area contributed by atoms with Crippen molar-refractivity contribution < 1.29 is 19.4 Å². The number of hydrogen-bond acceptors (Lipinski definition) is 4. The van der Waals surface area contributed by atoms with Gasteiger partial charge in [-0.15, -0.1) is 0 Å². The molecule has 0 aromatic carbocycles. The molecule has 2 unspecified atom stereocenters. The minimum absolute atomic E-state index is 0.305. The van der Waals surface area contributed by atoms with Crippen LogP contribution in [0.3, 0.4) is 0 Å². The lowest BCUT2D eigenvalue weighted by molar-refractivity contribution is -0.152. The Labute approximate surface area is 77.8 Å². The van der Waals surface area contributed by atoms with Gasteiger partial charge in [0, 0.05) is 13.2 Å². The zero-order chi connectivity index (χ0) is 9.68. The maximum atomic E-state index is 11.3. The quantitative estimate of drug-likeness (QED) is 0.635. The van der Waals surface area contributed by atoms with Crippen molar-refractivity contribution in [1.82, 2.24) is 0 Å². The highest BCUT2D eigenvalue weighted by Crippen LogP contribution is 2.17. The van der Waals surface area contributed by atoms with Crippen molar-refractivity contribution in [2.45, 2.75) is 25.9 Å². The second-order valence-corrected chi connectivity index (χ2v) is 3.12. The van der Waals surface area contributed by atoms with Gasteiger partial charge in [-0.3, -0.25) is 4.79 Å². The summed E-state index contributed by atoms with van der Waals surface area (Å²) in [6, 6.07) is 0. The van der Waals surface area contributed by atoms with Crippen LogP contribution in [0.5, 0.6) is 0 Å². The van der Waals surface area contributed by atoms with Crippen molar-refractivity contribution in [2.75, 3.05) is 19.8 Å². The molecule has 4 heteroatoms. The van der Waals surface area contributed by atoms with Crippen LogP contribution >= 0.6 is 0 Å². The van der Waals surface area contributed by atoms with Crippen LogP contribution in [0, 0.1) is 5.92 Å². The van der Waals surface area contributed by atoms with Gasteiger partial charge in [-0.2, -0.15) is 0 Å². The Morgan fingerprint density at radius 3 is 2.92 bits per heavy atom. The number of aliphatic hydroxyl groups is 1. The van der Waals surface area contributed by atoms with E-state index in [4.69, 9.17) is 9.47 Å². The largest absolute Gasteiger partial charge is 0.466 e. The lowest BCUT2D eigenvalue weighted by atomic mass is 9.98. The summed E-state index contributed by atoms with van der Waals surface area (Å²) in [7, 11) is 0. The molecule has 1 aliphatic rings. The van der Waals surface area contributed by atoms with Gasteiger partial charge in [-0.1, -0.05) is 0 Å². The molecule has 0 aromatic heterocycles. The van der Waals surface area contributed by atoms with Crippen LogP contribution in [0.1, 0.15) is 19.8 Å². The van der Waals surface area contributed by atoms with Gasteiger partial charge in [0.15, 0.2) is 0 Å². The fourth-order valence-corrected chi connectivity index (χ4v) is 1.43. The third kappa shape index (κ3) is 2.97. The van der Waals surface area contributed by atoms with Gasteiger partial charge in [0.25, 0.3) is 0 Å². The summed E-state index contributed by atoms with van der Waals surface area (Å²) in [5.74, 6) is -0.706. The van der Waals surface area contributed by atoms with Crippen molar-refractivity contribution in [3.63, 3.8) is 0 Å². The van der Waals surface area contributed by atoms with Gasteiger partial charge < -0.3 is 14.6 Å². The molecule has 0 spiro atoms. The zero-order valence-electron chi connectivity index (χ0n) is 7.86. The standard InChI is InChI=1S/C9H16O4/c1-2-13-9(11)7-3-5-12-6-4-8(7)10/h7-8,10H,2-6H2,1H3. The monoisotopic (exact) mass is 188 g/mol. The van der Waals surface area contributed by atoms with E-state index < -0.39 is 12.0 Å². The number of aliphatic hydroxyl groups excluding tert-OH is 1. The molecule has 4 nitrogen and oxygen atoms in total. The molecule has 0 bridgehead atoms. The molecule has 76 valence electrons. The Bertz CT molecular complexity index is 169. The zero-order valence-corrected chi connectivity index (χ0v) is 7.86. The number of ether oxygens (including phenoxy) is 2. The van der Waals surface area contributed by atoms with E-state index in [-0.39, 0.29) is 5.97 Å². The van der Waals surface area contributed by atoms with Gasteiger partial charge in [0.2, 0.25) is 0 Å². The van der Waals surface area contributed by atoms with Crippen LogP contribution in [0.15, 0.2) is 0 Å². The lowest BCUT2D eigenvalue weighted by Gasteiger charge is -2.17. The SMILES string of the molecule is CCOC(=O)C1CCOCCC1O. The van der Waals surface area contributed by atoms with E-state index in [1.54, 1.807) is 6.92 Å². The molecule has 1 N–H and O–H groups in total. The summed E-state index contributed by atoms with van der Waals surface area (Å²) < 4.78 is 10.0. The molecule has 0 saturated carbocycles. The highest BCUT2D eigenvalue weighted by atomic mass is 16.5. The first-order valence-electron chi connectivity index (χ1n) is 4.68. The molecule has 2 atom stereocenters. The number of carbonyl (C=O) groups excluding carboxylic acids is 1. The van der Waals surface area contributed by atoms with E-state index in [0.717, 1.165) is 0 Å². The summed E-state index contributed by atoms with van der Waals surface area (Å²) >= 11 is 0. The first kappa shape index (κ1) is 10.5. The second kappa shape index (κ2) is 5.19. The number of hydrogen-bond donors (Lipinski definition) is 1. The summed E-state index contributed by atoms with van der Waals surface area (Å²) in [6.07, 6.45) is 0.463. The summed E-state index contributed by atoms with van der Waals surface area (Å²) in [6.45, 7) is 3.18.